The van der Waals surface area contributed by atoms with Crippen molar-refractivity contribution in [2.45, 2.75) is 19.6 Å². The Labute approximate surface area is 398 Å². The third kappa shape index (κ3) is 53.4. The number of hydrogen-bond acceptors (Lipinski definition) is 27. The molecule has 25 nitrogen and oxygen atoms in total. The highest BCUT2D eigenvalue weighted by Crippen LogP contribution is 2.11. The van der Waals surface area contributed by atoms with Crippen LogP contribution >= 0.6 is 64.8 Å². The van der Waals surface area contributed by atoms with E-state index in [2.05, 4.69) is 33.8 Å². The minimum absolute atomic E-state index is 0. The molecule has 0 fully saturated rings. The fourth-order valence-electron chi connectivity index (χ4n) is 3.13. The summed E-state index contributed by atoms with van der Waals surface area (Å²) in [5.41, 5.74) is 0. The van der Waals surface area contributed by atoms with Gasteiger partial charge in [-0.2, -0.15) is 0 Å². The molecular weight excluding hydrogens is 1060 g/mol. The molecule has 64 heavy (non-hydrogen) atoms. The van der Waals surface area contributed by atoms with Crippen molar-refractivity contribution in [2.75, 3.05) is 140 Å². The fourth-order valence-corrected chi connectivity index (χ4v) is 9.71. The Morgan fingerprint density at radius 1 is 0.422 bits per heavy atom. The molecule has 0 spiro atoms. The molecule has 0 saturated heterocycles. The zero-order chi connectivity index (χ0) is 48.2. The maximum atomic E-state index is 12.0. The largest absolute Gasteiger partial charge is 0.422 e. The first-order valence-electron chi connectivity index (χ1n) is 17.4. The van der Waals surface area contributed by atoms with Crippen LogP contribution in [0.5, 0.6) is 0 Å². The monoisotopic (exact) mass is 1120 g/mol. The van der Waals surface area contributed by atoms with Crippen LogP contribution in [-0.2, 0) is 78.1 Å². The molecule has 0 rings (SSSR count). The van der Waals surface area contributed by atoms with Crippen molar-refractivity contribution in [3.63, 3.8) is 0 Å². The average Bonchev–Trinajstić information content (AvgIpc) is 3.17. The molecule has 0 aliphatic carbocycles. The molecule has 0 aromatic carbocycles. The Balaban J connectivity index is -0.00000711. The third-order valence-corrected chi connectivity index (χ3v) is 17.3. The van der Waals surface area contributed by atoms with Crippen molar-refractivity contribution in [2.24, 2.45) is 0 Å². The van der Waals surface area contributed by atoms with Gasteiger partial charge in [-0.25, -0.2) is 52.8 Å². The molecule has 2 unspecified atom stereocenters. The van der Waals surface area contributed by atoms with Crippen molar-refractivity contribution in [3.8, 4) is 0 Å². The quantitative estimate of drug-likeness (QED) is 0.0303. The Kier molecular flexibility index (Phi) is 41.6. The molecule has 2 atom stereocenters. The summed E-state index contributed by atoms with van der Waals surface area (Å²) in [6.45, 7) is -3.70. The van der Waals surface area contributed by atoms with E-state index < -0.39 is 99.2 Å². The van der Waals surface area contributed by atoms with Gasteiger partial charge < -0.3 is 63.9 Å². The van der Waals surface area contributed by atoms with E-state index in [9.17, 15) is 52.8 Å². The first-order valence-corrected chi connectivity index (χ1v) is 33.9. The summed E-state index contributed by atoms with van der Waals surface area (Å²) in [4.78, 5) is 47.7. The van der Waals surface area contributed by atoms with Crippen LogP contribution in [0.3, 0.4) is 0 Å². The molecular formula is C29H60N4O21S10. The summed E-state index contributed by atoms with van der Waals surface area (Å²) in [5.74, 6) is 0.263. The fraction of sp³-hybridized carbons (Fsp3) is 0.862. The number of ether oxygens (including phenoxy) is 9. The predicted molar refractivity (Wildman–Crippen MR) is 253 cm³/mol. The Morgan fingerprint density at radius 2 is 0.656 bits per heavy atom. The highest BCUT2D eigenvalue weighted by atomic mass is 33.2. The van der Waals surface area contributed by atoms with Crippen LogP contribution in [0.1, 0.15) is 7.43 Å². The van der Waals surface area contributed by atoms with Crippen LogP contribution in [0.15, 0.2) is 0 Å². The number of carbonyl (C=O) groups is 4. The maximum absolute atomic E-state index is 12.0. The molecule has 0 radical (unpaired) electrons. The zero-order valence-corrected chi connectivity index (χ0v) is 43.3. The first-order chi connectivity index (χ1) is 29.4. The number of nitrogens with one attached hydrogen (secondary N) is 4. The van der Waals surface area contributed by atoms with Crippen molar-refractivity contribution in [1.29, 1.82) is 0 Å². The standard InChI is InChI=1S/C26H50N4O21S8.C2H6S2.CH4/c1-56(35,36)52-9-5-27-23(31)48-17-44-15-21(46-19-50-25(33)29-7-11-54-58(3,39)40)13-43-14-22(47-20-51-26(34)30-8-12-55-59(4,41)42)16-45-18-49-24(32)28-6-10-53-57(2,37)38;1-3-4-2;/h21-22H,5-20H2,1-4H3,(H,27,31)(H,28,32)(H,29,33)(H,30,34);1-2H3;1H4. The summed E-state index contributed by atoms with van der Waals surface area (Å²) in [6.07, 6.45) is 2.52. The lowest BCUT2D eigenvalue weighted by Crippen LogP contribution is -2.34. The van der Waals surface area contributed by atoms with Crippen molar-refractivity contribution < 1.29 is 95.5 Å². The molecule has 0 heterocycles. The number of alkyl carbamates (subject to hydrolysis) is 4. The lowest BCUT2D eigenvalue weighted by Gasteiger charge is -2.21. The Morgan fingerprint density at radius 3 is 0.891 bits per heavy atom. The van der Waals surface area contributed by atoms with Crippen molar-refractivity contribution in [1.82, 2.24) is 21.3 Å². The van der Waals surface area contributed by atoms with E-state index in [1.807, 2.05) is 0 Å². The summed E-state index contributed by atoms with van der Waals surface area (Å²) in [6, 6.07) is 0. The SMILES string of the molecule is C.CS(=O)(=O)SCCNC(=O)OCOCC(COCC(COCOC(=O)NCCSS(C)(=O)=O)OCOC(=O)NCCSS(C)(=O)=O)OCOC(=O)NCCSS(C)(=O)=O.CSSC. The molecule has 0 saturated carbocycles. The van der Waals surface area contributed by atoms with E-state index >= 15 is 0 Å². The van der Waals surface area contributed by atoms with Crippen LogP contribution in [0.2, 0.25) is 0 Å². The van der Waals surface area contributed by atoms with Gasteiger partial charge in [0.25, 0.3) is 0 Å². The summed E-state index contributed by atoms with van der Waals surface area (Å²) in [7, 11) is -7.17. The van der Waals surface area contributed by atoms with Crippen LogP contribution in [0.25, 0.3) is 0 Å². The average molecular weight is 1120 g/mol. The van der Waals surface area contributed by atoms with Gasteiger partial charge in [0.15, 0.2) is 62.6 Å². The van der Waals surface area contributed by atoms with E-state index in [-0.39, 0.29) is 83.0 Å². The predicted octanol–water partition coefficient (Wildman–Crippen LogP) is 1.58. The Bertz CT molecular complexity index is 1610. The van der Waals surface area contributed by atoms with Crippen molar-refractivity contribution >= 4 is 125 Å². The van der Waals surface area contributed by atoms with Crippen LogP contribution in [0, 0.1) is 0 Å². The van der Waals surface area contributed by atoms with E-state index in [0.717, 1.165) is 25.0 Å². The molecule has 0 aliphatic rings. The topological polar surface area (TPSA) is 336 Å². The molecule has 0 aromatic heterocycles. The highest BCUT2D eigenvalue weighted by molar-refractivity contribution is 8.76. The molecule has 4 N–H and O–H groups in total. The van der Waals surface area contributed by atoms with E-state index in [4.69, 9.17) is 42.6 Å². The number of amides is 4. The summed E-state index contributed by atoms with van der Waals surface area (Å²) < 4.78 is 137. The van der Waals surface area contributed by atoms with Gasteiger partial charge in [0, 0.05) is 74.2 Å². The normalized spacial score (nSPS) is 12.5. The lowest BCUT2D eigenvalue weighted by molar-refractivity contribution is -0.150. The van der Waals surface area contributed by atoms with Crippen LogP contribution < -0.4 is 21.3 Å². The second-order valence-electron chi connectivity index (χ2n) is 11.2. The van der Waals surface area contributed by atoms with E-state index in [1.54, 1.807) is 21.6 Å². The maximum Gasteiger partial charge on any atom is 0.409 e. The second-order valence-corrected chi connectivity index (χ2v) is 32.2. The van der Waals surface area contributed by atoms with Crippen LogP contribution in [-0.4, -0.2) is 211 Å². The number of carbonyl (C=O) groups excluding carboxylic acids is 4. The van der Waals surface area contributed by atoms with Gasteiger partial charge in [-0.05, 0) is 55.7 Å². The van der Waals surface area contributed by atoms with Gasteiger partial charge in [-0.3, -0.25) is 0 Å². The molecule has 0 aliphatic heterocycles. The van der Waals surface area contributed by atoms with Crippen molar-refractivity contribution in [3.05, 3.63) is 0 Å². The molecule has 4 amide bonds. The second kappa shape index (κ2) is 39.7. The van der Waals surface area contributed by atoms with Gasteiger partial charge in [-0.1, -0.05) is 29.0 Å². The van der Waals surface area contributed by atoms with Gasteiger partial charge >= 0.3 is 24.4 Å². The summed E-state index contributed by atoms with van der Waals surface area (Å²) >= 11 is 0. The van der Waals surface area contributed by atoms with E-state index in [0.29, 0.717) is 43.2 Å². The van der Waals surface area contributed by atoms with Gasteiger partial charge in [0.1, 0.15) is 12.2 Å². The first kappa shape index (κ1) is 67.1. The Hall–Kier alpha value is -1.22. The van der Waals surface area contributed by atoms with Gasteiger partial charge in [-0.15, -0.1) is 0 Å². The summed E-state index contributed by atoms with van der Waals surface area (Å²) in [5, 5.41) is 9.34. The number of rotatable bonds is 35. The lowest BCUT2D eigenvalue weighted by atomic mass is 10.4. The molecule has 382 valence electrons. The molecule has 0 aromatic rings. The zero-order valence-electron chi connectivity index (χ0n) is 35.1. The smallest absolute Gasteiger partial charge is 0.409 e. The third-order valence-electron chi connectivity index (χ3n) is 5.59. The van der Waals surface area contributed by atoms with Crippen LogP contribution in [0.4, 0.5) is 19.2 Å². The molecule has 0 bridgehead atoms. The highest BCUT2D eigenvalue weighted by Gasteiger charge is 2.18. The van der Waals surface area contributed by atoms with Gasteiger partial charge in [0.05, 0.1) is 26.4 Å². The number of hydrogen-bond donors (Lipinski definition) is 4. The molecule has 35 heteroatoms. The minimum Gasteiger partial charge on any atom is -0.422 e. The van der Waals surface area contributed by atoms with Gasteiger partial charge in [0.2, 0.25) is 0 Å². The minimum atomic E-state index is -3.31. The van der Waals surface area contributed by atoms with E-state index in [1.165, 1.54) is 0 Å².